The van der Waals surface area contributed by atoms with Gasteiger partial charge in [-0.15, -0.1) is 0 Å². The Labute approximate surface area is 140 Å². The summed E-state index contributed by atoms with van der Waals surface area (Å²) in [7, 11) is 0. The van der Waals surface area contributed by atoms with Crippen LogP contribution >= 0.6 is 0 Å². The number of hydrogen-bond donors (Lipinski definition) is 1. The van der Waals surface area contributed by atoms with Crippen molar-refractivity contribution in [2.45, 2.75) is 57.0 Å². The van der Waals surface area contributed by atoms with Gasteiger partial charge in [0.15, 0.2) is 0 Å². The van der Waals surface area contributed by atoms with Gasteiger partial charge in [-0.2, -0.15) is 0 Å². The molecule has 0 aromatic heterocycles. The van der Waals surface area contributed by atoms with E-state index in [4.69, 9.17) is 0 Å². The van der Waals surface area contributed by atoms with Crippen LogP contribution in [0.15, 0.2) is 35.3 Å². The lowest BCUT2D eigenvalue weighted by Crippen LogP contribution is -2.38. The van der Waals surface area contributed by atoms with Crippen molar-refractivity contribution in [3.8, 4) is 0 Å². The summed E-state index contributed by atoms with van der Waals surface area (Å²) in [6, 6.07) is 10.4. The maximum Gasteiger partial charge on any atom is 0.0925 e. The van der Waals surface area contributed by atoms with Gasteiger partial charge in [0.05, 0.1) is 11.9 Å². The average Bonchev–Trinajstić information content (AvgIpc) is 2.64. The summed E-state index contributed by atoms with van der Waals surface area (Å²) < 4.78 is 0. The van der Waals surface area contributed by atoms with E-state index in [1.165, 1.54) is 19.3 Å². The summed E-state index contributed by atoms with van der Waals surface area (Å²) in [4.78, 5) is 6.66. The predicted molar refractivity (Wildman–Crippen MR) is 95.7 cm³/mol. The SMILES string of the molecule is OC(CCCN1C=NCCC1)(c1ccccc1)C1CCCCC1. The van der Waals surface area contributed by atoms with Crippen LogP contribution in [0.5, 0.6) is 0 Å². The van der Waals surface area contributed by atoms with E-state index in [-0.39, 0.29) is 0 Å². The Morgan fingerprint density at radius 3 is 2.57 bits per heavy atom. The van der Waals surface area contributed by atoms with E-state index in [2.05, 4.69) is 34.2 Å². The fourth-order valence-electron chi connectivity index (χ4n) is 4.21. The first kappa shape index (κ1) is 16.5. The second-order valence-electron chi connectivity index (χ2n) is 7.14. The fourth-order valence-corrected chi connectivity index (χ4v) is 4.21. The number of nitrogens with zero attached hydrogens (tertiary/aromatic N) is 2. The van der Waals surface area contributed by atoms with Gasteiger partial charge in [-0.25, -0.2) is 0 Å². The molecule has 126 valence electrons. The summed E-state index contributed by atoms with van der Waals surface area (Å²) in [6.45, 7) is 3.08. The van der Waals surface area contributed by atoms with E-state index in [9.17, 15) is 5.11 Å². The molecule has 1 saturated carbocycles. The van der Waals surface area contributed by atoms with Crippen molar-refractivity contribution < 1.29 is 5.11 Å². The molecule has 1 unspecified atom stereocenters. The smallest absolute Gasteiger partial charge is 0.0925 e. The molecule has 1 aliphatic heterocycles. The molecule has 0 saturated heterocycles. The van der Waals surface area contributed by atoms with Crippen molar-refractivity contribution in [3.63, 3.8) is 0 Å². The number of rotatable bonds is 6. The van der Waals surface area contributed by atoms with E-state index in [0.717, 1.165) is 57.3 Å². The highest BCUT2D eigenvalue weighted by Gasteiger charge is 2.38. The van der Waals surface area contributed by atoms with E-state index >= 15 is 0 Å². The maximum atomic E-state index is 11.6. The van der Waals surface area contributed by atoms with Crippen molar-refractivity contribution in [2.75, 3.05) is 19.6 Å². The standard InChI is InChI=1S/C20H30N2O/c23-20(18-9-3-1-4-10-18,19-11-5-2-6-12-19)13-7-15-22-16-8-14-21-17-22/h1,3-4,9-10,17,19,23H,2,5-8,11-16H2. The molecule has 3 heteroatoms. The van der Waals surface area contributed by atoms with E-state index in [1.807, 2.05) is 12.4 Å². The monoisotopic (exact) mass is 314 g/mol. The minimum absolute atomic E-state index is 0.411. The molecule has 1 fully saturated rings. The molecule has 0 amide bonds. The van der Waals surface area contributed by atoms with Gasteiger partial charge in [-0.05, 0) is 43.6 Å². The van der Waals surface area contributed by atoms with Gasteiger partial charge >= 0.3 is 0 Å². The second kappa shape index (κ2) is 7.96. The molecular weight excluding hydrogens is 284 g/mol. The minimum atomic E-state index is -0.658. The molecule has 0 radical (unpaired) electrons. The summed E-state index contributed by atoms with van der Waals surface area (Å²) >= 11 is 0. The van der Waals surface area contributed by atoms with Gasteiger partial charge in [0.2, 0.25) is 0 Å². The molecule has 1 atom stereocenters. The first-order chi connectivity index (χ1) is 11.3. The zero-order chi connectivity index (χ0) is 16.0. The summed E-state index contributed by atoms with van der Waals surface area (Å²) in [5, 5.41) is 11.6. The van der Waals surface area contributed by atoms with E-state index in [1.54, 1.807) is 0 Å². The van der Waals surface area contributed by atoms with Crippen LogP contribution in [0.2, 0.25) is 0 Å². The molecule has 2 aliphatic rings. The van der Waals surface area contributed by atoms with Crippen molar-refractivity contribution in [1.29, 1.82) is 0 Å². The molecule has 1 aromatic rings. The topological polar surface area (TPSA) is 35.8 Å². The summed E-state index contributed by atoms with van der Waals surface area (Å²) in [5.41, 5.74) is 0.452. The third-order valence-corrected chi connectivity index (χ3v) is 5.53. The van der Waals surface area contributed by atoms with E-state index < -0.39 is 5.60 Å². The normalized spacial score (nSPS) is 22.0. The Morgan fingerprint density at radius 1 is 1.09 bits per heavy atom. The molecule has 23 heavy (non-hydrogen) atoms. The minimum Gasteiger partial charge on any atom is -0.385 e. The highest BCUT2D eigenvalue weighted by molar-refractivity contribution is 5.55. The third-order valence-electron chi connectivity index (χ3n) is 5.53. The number of hydrogen-bond acceptors (Lipinski definition) is 3. The molecular formula is C20H30N2O. The van der Waals surface area contributed by atoms with Crippen molar-refractivity contribution in [3.05, 3.63) is 35.9 Å². The highest BCUT2D eigenvalue weighted by Crippen LogP contribution is 2.42. The Bertz CT molecular complexity index is 496. The van der Waals surface area contributed by atoms with Crippen LogP contribution in [-0.4, -0.2) is 36.0 Å². The molecule has 3 rings (SSSR count). The van der Waals surface area contributed by atoms with Gasteiger partial charge in [0, 0.05) is 19.6 Å². The molecule has 1 aromatic carbocycles. The summed E-state index contributed by atoms with van der Waals surface area (Å²) in [6.07, 6.45) is 11.2. The van der Waals surface area contributed by atoms with Gasteiger partial charge in [0.1, 0.15) is 0 Å². The highest BCUT2D eigenvalue weighted by atomic mass is 16.3. The Kier molecular flexibility index (Phi) is 5.71. The van der Waals surface area contributed by atoms with Crippen LogP contribution in [0.4, 0.5) is 0 Å². The molecule has 0 bridgehead atoms. The van der Waals surface area contributed by atoms with Crippen LogP contribution in [-0.2, 0) is 5.60 Å². The van der Waals surface area contributed by atoms with Crippen molar-refractivity contribution in [2.24, 2.45) is 10.9 Å². The predicted octanol–water partition coefficient (Wildman–Crippen LogP) is 3.97. The number of aliphatic hydroxyl groups is 1. The molecule has 1 N–H and O–H groups in total. The Morgan fingerprint density at radius 2 is 1.87 bits per heavy atom. The van der Waals surface area contributed by atoms with Crippen LogP contribution in [0.1, 0.15) is 56.9 Å². The number of aliphatic imine (C=N–C) groups is 1. The molecule has 0 spiro atoms. The molecule has 1 aliphatic carbocycles. The van der Waals surface area contributed by atoms with Crippen molar-refractivity contribution in [1.82, 2.24) is 4.90 Å². The quantitative estimate of drug-likeness (QED) is 0.862. The number of benzene rings is 1. The lowest BCUT2D eigenvalue weighted by molar-refractivity contribution is -0.0483. The Balaban J connectivity index is 1.67. The van der Waals surface area contributed by atoms with Crippen LogP contribution in [0.25, 0.3) is 0 Å². The summed E-state index contributed by atoms with van der Waals surface area (Å²) in [5.74, 6) is 0.411. The van der Waals surface area contributed by atoms with Crippen molar-refractivity contribution >= 4 is 6.34 Å². The average molecular weight is 314 g/mol. The first-order valence-electron chi connectivity index (χ1n) is 9.31. The van der Waals surface area contributed by atoms with Gasteiger partial charge in [-0.1, -0.05) is 49.6 Å². The molecule has 1 heterocycles. The lowest BCUT2D eigenvalue weighted by atomic mass is 9.71. The van der Waals surface area contributed by atoms with E-state index in [0.29, 0.717) is 5.92 Å². The first-order valence-corrected chi connectivity index (χ1v) is 9.31. The van der Waals surface area contributed by atoms with Crippen LogP contribution in [0, 0.1) is 5.92 Å². The zero-order valence-electron chi connectivity index (χ0n) is 14.2. The maximum absolute atomic E-state index is 11.6. The molecule has 3 nitrogen and oxygen atoms in total. The van der Waals surface area contributed by atoms with Crippen LogP contribution < -0.4 is 0 Å². The second-order valence-corrected chi connectivity index (χ2v) is 7.14. The van der Waals surface area contributed by atoms with Crippen LogP contribution in [0.3, 0.4) is 0 Å². The van der Waals surface area contributed by atoms with Gasteiger partial charge in [0.25, 0.3) is 0 Å². The third kappa shape index (κ3) is 4.14. The largest absolute Gasteiger partial charge is 0.385 e. The Hall–Kier alpha value is -1.35. The lowest BCUT2D eigenvalue weighted by Gasteiger charge is -2.39. The zero-order valence-corrected chi connectivity index (χ0v) is 14.2. The van der Waals surface area contributed by atoms with Gasteiger partial charge in [-0.3, -0.25) is 4.99 Å². The fraction of sp³-hybridized carbons (Fsp3) is 0.650. The van der Waals surface area contributed by atoms with Gasteiger partial charge < -0.3 is 10.0 Å².